The van der Waals surface area contributed by atoms with Crippen LogP contribution in [-0.2, 0) is 0 Å². The molecule has 4 heteroatoms. The predicted molar refractivity (Wildman–Crippen MR) is 84.4 cm³/mol. The maximum atomic E-state index is 12.4. The molecule has 0 spiro atoms. The highest BCUT2D eigenvalue weighted by atomic mass is 32.1. The summed E-state index contributed by atoms with van der Waals surface area (Å²) in [6.45, 7) is 8.21. The molecule has 0 saturated heterocycles. The van der Waals surface area contributed by atoms with E-state index in [2.05, 4.69) is 37.1 Å². The molecular formula is C16H24N2OS. The van der Waals surface area contributed by atoms with Crippen LogP contribution < -0.4 is 5.32 Å². The molecular weight excluding hydrogens is 268 g/mol. The highest BCUT2D eigenvalue weighted by Crippen LogP contribution is 2.25. The monoisotopic (exact) mass is 292 g/mol. The number of hydrogen-bond donors (Lipinski definition) is 1. The molecule has 1 unspecified atom stereocenters. The number of thiazole rings is 1. The molecule has 2 rings (SSSR count). The van der Waals surface area contributed by atoms with Crippen molar-refractivity contribution in [2.45, 2.75) is 65.3 Å². The van der Waals surface area contributed by atoms with Gasteiger partial charge in [0.25, 0.3) is 5.91 Å². The molecule has 1 aromatic rings. The lowest BCUT2D eigenvalue weighted by molar-refractivity contribution is 0.0948. The van der Waals surface area contributed by atoms with Crippen LogP contribution in [0.1, 0.15) is 72.7 Å². The van der Waals surface area contributed by atoms with Crippen LogP contribution in [0.15, 0.2) is 11.6 Å². The van der Waals surface area contributed by atoms with Crippen molar-refractivity contribution >= 4 is 17.2 Å². The SMILES string of the molecule is Cc1nc(C(C)C)sc1C(=O)NC(C)C1=CCCCC1. The standard InChI is InChI=1S/C16H24N2OS/c1-10(2)16-18-12(4)14(20-16)15(19)17-11(3)13-8-6-5-7-9-13/h8,10-11H,5-7,9H2,1-4H3,(H,17,19). The molecule has 0 radical (unpaired) electrons. The summed E-state index contributed by atoms with van der Waals surface area (Å²) in [5.74, 6) is 0.393. The van der Waals surface area contributed by atoms with E-state index in [0.717, 1.165) is 28.4 Å². The average Bonchev–Trinajstić information content (AvgIpc) is 2.82. The summed E-state index contributed by atoms with van der Waals surface area (Å²) >= 11 is 1.52. The van der Waals surface area contributed by atoms with Crippen molar-refractivity contribution in [1.82, 2.24) is 10.3 Å². The minimum absolute atomic E-state index is 0.0193. The van der Waals surface area contributed by atoms with Gasteiger partial charge < -0.3 is 5.32 Å². The van der Waals surface area contributed by atoms with Crippen LogP contribution >= 0.6 is 11.3 Å². The lowest BCUT2D eigenvalue weighted by atomic mass is 9.95. The van der Waals surface area contributed by atoms with E-state index >= 15 is 0 Å². The Labute approximate surface area is 125 Å². The molecule has 110 valence electrons. The van der Waals surface area contributed by atoms with Gasteiger partial charge in [0.1, 0.15) is 4.88 Å². The fourth-order valence-electron chi connectivity index (χ4n) is 2.49. The molecule has 1 amide bonds. The number of amides is 1. The van der Waals surface area contributed by atoms with E-state index < -0.39 is 0 Å². The Balaban J connectivity index is 2.06. The van der Waals surface area contributed by atoms with Crippen LogP contribution in [0.3, 0.4) is 0 Å². The Morgan fingerprint density at radius 1 is 1.35 bits per heavy atom. The van der Waals surface area contributed by atoms with Crippen LogP contribution in [0, 0.1) is 6.92 Å². The van der Waals surface area contributed by atoms with Crippen molar-refractivity contribution in [1.29, 1.82) is 0 Å². The fourth-order valence-corrected chi connectivity index (χ4v) is 3.46. The van der Waals surface area contributed by atoms with Gasteiger partial charge in [-0.3, -0.25) is 4.79 Å². The first kappa shape index (κ1) is 15.2. The van der Waals surface area contributed by atoms with Crippen molar-refractivity contribution in [2.75, 3.05) is 0 Å². The largest absolute Gasteiger partial charge is 0.345 e. The van der Waals surface area contributed by atoms with Gasteiger partial charge in [-0.15, -0.1) is 11.3 Å². The zero-order chi connectivity index (χ0) is 14.7. The van der Waals surface area contributed by atoms with Gasteiger partial charge in [0, 0.05) is 12.0 Å². The number of nitrogens with one attached hydrogen (secondary N) is 1. The number of hydrogen-bond acceptors (Lipinski definition) is 3. The molecule has 0 aliphatic heterocycles. The number of allylic oxidation sites excluding steroid dienone is 1. The van der Waals surface area contributed by atoms with Gasteiger partial charge >= 0.3 is 0 Å². The zero-order valence-electron chi connectivity index (χ0n) is 12.8. The number of carbonyl (C=O) groups excluding carboxylic acids is 1. The topological polar surface area (TPSA) is 42.0 Å². The highest BCUT2D eigenvalue weighted by Gasteiger charge is 2.20. The van der Waals surface area contributed by atoms with E-state index in [-0.39, 0.29) is 11.9 Å². The molecule has 0 aromatic carbocycles. The third kappa shape index (κ3) is 3.48. The number of carbonyl (C=O) groups is 1. The van der Waals surface area contributed by atoms with E-state index in [1.807, 2.05) is 6.92 Å². The molecule has 1 aliphatic rings. The summed E-state index contributed by atoms with van der Waals surface area (Å²) < 4.78 is 0. The smallest absolute Gasteiger partial charge is 0.263 e. The van der Waals surface area contributed by atoms with E-state index in [1.54, 1.807) is 0 Å². The van der Waals surface area contributed by atoms with Gasteiger partial charge in [0.2, 0.25) is 0 Å². The highest BCUT2D eigenvalue weighted by molar-refractivity contribution is 7.13. The summed E-state index contributed by atoms with van der Waals surface area (Å²) in [7, 11) is 0. The van der Waals surface area contributed by atoms with Crippen LogP contribution in [-0.4, -0.2) is 16.9 Å². The van der Waals surface area contributed by atoms with Crippen molar-refractivity contribution in [3.8, 4) is 0 Å². The van der Waals surface area contributed by atoms with Crippen molar-refractivity contribution in [2.24, 2.45) is 0 Å². The van der Waals surface area contributed by atoms with Gasteiger partial charge in [-0.1, -0.05) is 25.5 Å². The quantitative estimate of drug-likeness (QED) is 0.845. The Hall–Kier alpha value is -1.16. The summed E-state index contributed by atoms with van der Waals surface area (Å²) in [5.41, 5.74) is 2.22. The molecule has 0 fully saturated rings. The molecule has 20 heavy (non-hydrogen) atoms. The van der Waals surface area contributed by atoms with E-state index in [1.165, 1.54) is 29.8 Å². The normalized spacial score (nSPS) is 16.9. The molecule has 1 N–H and O–H groups in total. The minimum atomic E-state index is 0.0193. The van der Waals surface area contributed by atoms with E-state index in [4.69, 9.17) is 0 Å². The maximum absolute atomic E-state index is 12.4. The van der Waals surface area contributed by atoms with E-state index in [9.17, 15) is 4.79 Å². The van der Waals surface area contributed by atoms with Crippen LogP contribution in [0.4, 0.5) is 0 Å². The fraction of sp³-hybridized carbons (Fsp3) is 0.625. The molecule has 3 nitrogen and oxygen atoms in total. The van der Waals surface area contributed by atoms with Crippen LogP contribution in [0.5, 0.6) is 0 Å². The Morgan fingerprint density at radius 2 is 2.10 bits per heavy atom. The second-order valence-electron chi connectivity index (χ2n) is 5.84. The minimum Gasteiger partial charge on any atom is -0.345 e. The van der Waals surface area contributed by atoms with Crippen LogP contribution in [0.25, 0.3) is 0 Å². The third-order valence-electron chi connectivity index (χ3n) is 3.74. The Kier molecular flexibility index (Phi) is 4.97. The molecule has 0 bridgehead atoms. The summed E-state index contributed by atoms with van der Waals surface area (Å²) in [4.78, 5) is 17.6. The number of nitrogens with zero attached hydrogens (tertiary/aromatic N) is 1. The van der Waals surface area contributed by atoms with Crippen molar-refractivity contribution < 1.29 is 4.79 Å². The van der Waals surface area contributed by atoms with Gasteiger partial charge in [-0.25, -0.2) is 4.98 Å². The lowest BCUT2D eigenvalue weighted by Crippen LogP contribution is -2.34. The average molecular weight is 292 g/mol. The first-order valence-corrected chi connectivity index (χ1v) is 8.27. The van der Waals surface area contributed by atoms with Gasteiger partial charge in [0.15, 0.2) is 0 Å². The summed E-state index contributed by atoms with van der Waals surface area (Å²) in [5, 5.41) is 4.16. The number of aromatic nitrogens is 1. The van der Waals surface area contributed by atoms with Crippen molar-refractivity contribution in [3.05, 3.63) is 27.2 Å². The third-order valence-corrected chi connectivity index (χ3v) is 5.20. The zero-order valence-corrected chi connectivity index (χ0v) is 13.6. The van der Waals surface area contributed by atoms with Gasteiger partial charge in [-0.05, 0) is 39.5 Å². The van der Waals surface area contributed by atoms with Gasteiger partial charge in [0.05, 0.1) is 10.7 Å². The predicted octanol–water partition coefficient (Wildman–Crippen LogP) is 4.19. The Bertz CT molecular complexity index is 517. The van der Waals surface area contributed by atoms with Crippen LogP contribution in [0.2, 0.25) is 0 Å². The molecule has 1 atom stereocenters. The molecule has 1 heterocycles. The summed E-state index contributed by atoms with van der Waals surface area (Å²) in [6.07, 6.45) is 7.06. The van der Waals surface area contributed by atoms with Crippen molar-refractivity contribution in [3.63, 3.8) is 0 Å². The first-order chi connectivity index (χ1) is 9.49. The second-order valence-corrected chi connectivity index (χ2v) is 6.87. The van der Waals surface area contributed by atoms with E-state index in [0.29, 0.717) is 5.92 Å². The molecule has 1 aliphatic carbocycles. The Morgan fingerprint density at radius 3 is 2.65 bits per heavy atom. The number of rotatable bonds is 4. The summed E-state index contributed by atoms with van der Waals surface area (Å²) in [6, 6.07) is 0.131. The van der Waals surface area contributed by atoms with Gasteiger partial charge in [-0.2, -0.15) is 0 Å². The number of aryl methyl sites for hydroxylation is 1. The lowest BCUT2D eigenvalue weighted by Gasteiger charge is -2.20. The molecule has 1 aromatic heterocycles. The molecule has 0 saturated carbocycles. The first-order valence-electron chi connectivity index (χ1n) is 7.46. The maximum Gasteiger partial charge on any atom is 0.263 e. The second kappa shape index (κ2) is 6.53.